The lowest BCUT2D eigenvalue weighted by molar-refractivity contribution is -0.384. The molecule has 3 aliphatic rings. The highest BCUT2D eigenvalue weighted by Gasteiger charge is 2.62. The first-order valence-corrected chi connectivity index (χ1v) is 9.80. The number of benzene rings is 2. The second-order valence-corrected chi connectivity index (χ2v) is 7.65. The number of rotatable bonds is 4. The van der Waals surface area contributed by atoms with Gasteiger partial charge in [0.1, 0.15) is 11.8 Å². The molecule has 9 heteroatoms. The van der Waals surface area contributed by atoms with E-state index in [2.05, 4.69) is 5.01 Å². The third-order valence-corrected chi connectivity index (χ3v) is 6.18. The van der Waals surface area contributed by atoms with Crippen molar-refractivity contribution in [2.24, 2.45) is 5.92 Å². The van der Waals surface area contributed by atoms with Crippen LogP contribution in [0.2, 0.25) is 0 Å². The number of nitrogens with zero attached hydrogens (tertiary/aromatic N) is 4. The number of carbonyl (C=O) groups is 2. The molecule has 3 atom stereocenters. The van der Waals surface area contributed by atoms with E-state index >= 15 is 0 Å². The van der Waals surface area contributed by atoms with Gasteiger partial charge in [-0.1, -0.05) is 12.1 Å². The molecule has 9 nitrogen and oxygen atoms in total. The van der Waals surface area contributed by atoms with Gasteiger partial charge in [0, 0.05) is 25.2 Å². The van der Waals surface area contributed by atoms with Gasteiger partial charge in [0.2, 0.25) is 5.91 Å². The van der Waals surface area contributed by atoms with Crippen LogP contribution in [0.5, 0.6) is 5.75 Å². The first kappa shape index (κ1) is 18.7. The molecule has 0 unspecified atom stereocenters. The summed E-state index contributed by atoms with van der Waals surface area (Å²) in [5, 5.41) is 15.1. The molecule has 2 aromatic carbocycles. The molecule has 30 heavy (non-hydrogen) atoms. The molecule has 5 rings (SSSR count). The minimum atomic E-state index is -0.553. The lowest BCUT2D eigenvalue weighted by Gasteiger charge is -2.29. The third kappa shape index (κ3) is 2.62. The van der Waals surface area contributed by atoms with Crippen LogP contribution in [0.4, 0.5) is 11.4 Å². The highest BCUT2D eigenvalue weighted by Crippen LogP contribution is 2.49. The Morgan fingerprint density at radius 2 is 1.57 bits per heavy atom. The van der Waals surface area contributed by atoms with Crippen LogP contribution in [0.25, 0.3) is 0 Å². The van der Waals surface area contributed by atoms with E-state index in [9.17, 15) is 19.7 Å². The molecule has 154 valence electrons. The average Bonchev–Trinajstić information content (AvgIpc) is 3.40. The minimum absolute atomic E-state index is 0.0835. The lowest BCUT2D eigenvalue weighted by Crippen LogP contribution is -2.44. The van der Waals surface area contributed by atoms with Gasteiger partial charge in [-0.3, -0.25) is 19.7 Å². The van der Waals surface area contributed by atoms with E-state index < -0.39 is 16.9 Å². The quantitative estimate of drug-likeness (QED) is 0.434. The van der Waals surface area contributed by atoms with Crippen molar-refractivity contribution in [1.82, 2.24) is 10.0 Å². The summed E-state index contributed by atoms with van der Waals surface area (Å²) < 4.78 is 5.24. The summed E-state index contributed by atoms with van der Waals surface area (Å²) in [6.07, 6.45) is 0.925. The monoisotopic (exact) mass is 408 g/mol. The summed E-state index contributed by atoms with van der Waals surface area (Å²) in [5.74, 6) is -0.342. The predicted octanol–water partition coefficient (Wildman–Crippen LogP) is 2.14. The molecule has 0 saturated carbocycles. The Labute approximate surface area is 172 Å². The summed E-state index contributed by atoms with van der Waals surface area (Å²) in [7, 11) is 1.60. The Morgan fingerprint density at radius 3 is 2.17 bits per heavy atom. The highest BCUT2D eigenvalue weighted by atomic mass is 16.6. The molecule has 2 amide bonds. The van der Waals surface area contributed by atoms with E-state index in [1.165, 1.54) is 29.2 Å². The van der Waals surface area contributed by atoms with Gasteiger partial charge >= 0.3 is 0 Å². The second-order valence-electron chi connectivity index (χ2n) is 7.65. The van der Waals surface area contributed by atoms with E-state index in [4.69, 9.17) is 4.74 Å². The SMILES string of the molecule is COc1ccc([C@H]2[C@H]3C(=O)N(c4ccc([N+](=O)[O-])cc4)C(=O)[C@H]3N3CCCN23)cc1. The molecular weight excluding hydrogens is 388 g/mol. The number of methoxy groups -OCH3 is 1. The Hall–Kier alpha value is -3.30. The molecule has 0 N–H and O–H groups in total. The average molecular weight is 408 g/mol. The molecule has 3 saturated heterocycles. The van der Waals surface area contributed by atoms with Gasteiger partial charge in [0.05, 0.1) is 29.7 Å². The van der Waals surface area contributed by atoms with Gasteiger partial charge in [-0.2, -0.15) is 0 Å². The Morgan fingerprint density at radius 1 is 0.933 bits per heavy atom. The van der Waals surface area contributed by atoms with Gasteiger partial charge in [0.15, 0.2) is 0 Å². The molecule has 0 radical (unpaired) electrons. The maximum absolute atomic E-state index is 13.4. The van der Waals surface area contributed by atoms with Gasteiger partial charge < -0.3 is 4.74 Å². The molecular formula is C21H20N4O5. The summed E-state index contributed by atoms with van der Waals surface area (Å²) in [6.45, 7) is 1.52. The highest BCUT2D eigenvalue weighted by molar-refractivity contribution is 6.24. The third-order valence-electron chi connectivity index (χ3n) is 6.18. The van der Waals surface area contributed by atoms with Crippen LogP contribution in [-0.4, -0.2) is 53.0 Å². The zero-order valence-electron chi connectivity index (χ0n) is 16.3. The normalized spacial score (nSPS) is 26.2. The van der Waals surface area contributed by atoms with Crippen LogP contribution in [0.1, 0.15) is 18.0 Å². The van der Waals surface area contributed by atoms with Crippen molar-refractivity contribution in [2.75, 3.05) is 25.1 Å². The van der Waals surface area contributed by atoms with E-state index in [-0.39, 0.29) is 23.5 Å². The van der Waals surface area contributed by atoms with Crippen molar-refractivity contribution in [2.45, 2.75) is 18.5 Å². The molecule has 0 spiro atoms. The Kier molecular flexibility index (Phi) is 4.30. The fraction of sp³-hybridized carbons (Fsp3) is 0.333. The maximum atomic E-state index is 13.4. The molecule has 3 heterocycles. The van der Waals surface area contributed by atoms with Crippen LogP contribution >= 0.6 is 0 Å². The Bertz CT molecular complexity index is 1020. The standard InChI is InChI=1S/C21H20N4O5/c1-30-16-9-3-13(4-10-16)18-17-19(23-12-2-11-22(18)23)21(27)24(20(17)26)14-5-7-15(8-6-14)25(28)29/h3-10,17-19H,2,11-12H2,1H3/t17-,18+,19+/m1/s1. The van der Waals surface area contributed by atoms with Crippen LogP contribution in [-0.2, 0) is 9.59 Å². The number of hydrogen-bond donors (Lipinski definition) is 0. The van der Waals surface area contributed by atoms with Crippen LogP contribution in [0, 0.1) is 16.0 Å². The van der Waals surface area contributed by atoms with Crippen LogP contribution in [0.3, 0.4) is 0 Å². The summed E-state index contributed by atoms with van der Waals surface area (Å²) in [4.78, 5) is 38.4. The number of nitro groups is 1. The Balaban J connectivity index is 1.52. The minimum Gasteiger partial charge on any atom is -0.497 e. The van der Waals surface area contributed by atoms with Gasteiger partial charge in [-0.05, 0) is 36.2 Å². The van der Waals surface area contributed by atoms with Gasteiger partial charge in [0.25, 0.3) is 11.6 Å². The number of anilines is 1. The fourth-order valence-corrected chi connectivity index (χ4v) is 4.89. The molecule has 0 aromatic heterocycles. The summed E-state index contributed by atoms with van der Waals surface area (Å²) >= 11 is 0. The number of ether oxygens (including phenoxy) is 1. The second kappa shape index (κ2) is 6.89. The number of carbonyl (C=O) groups excluding carboxylic acids is 2. The molecule has 2 aromatic rings. The van der Waals surface area contributed by atoms with Gasteiger partial charge in [-0.15, -0.1) is 0 Å². The van der Waals surface area contributed by atoms with Gasteiger partial charge in [-0.25, -0.2) is 14.9 Å². The number of hydrazine groups is 1. The number of imide groups is 1. The van der Waals surface area contributed by atoms with Crippen LogP contribution in [0.15, 0.2) is 48.5 Å². The molecule has 0 aliphatic carbocycles. The van der Waals surface area contributed by atoms with Crippen molar-refractivity contribution in [3.8, 4) is 5.75 Å². The van der Waals surface area contributed by atoms with Crippen molar-refractivity contribution < 1.29 is 19.2 Å². The van der Waals surface area contributed by atoms with Crippen LogP contribution < -0.4 is 9.64 Å². The number of amides is 2. The zero-order valence-corrected chi connectivity index (χ0v) is 16.3. The first-order chi connectivity index (χ1) is 14.5. The number of nitro benzene ring substituents is 1. The van der Waals surface area contributed by atoms with E-state index in [0.717, 1.165) is 30.8 Å². The van der Waals surface area contributed by atoms with Crippen molar-refractivity contribution in [3.05, 3.63) is 64.2 Å². The van der Waals surface area contributed by atoms with Crippen molar-refractivity contribution in [1.29, 1.82) is 0 Å². The molecule has 3 aliphatic heterocycles. The largest absolute Gasteiger partial charge is 0.497 e. The fourth-order valence-electron chi connectivity index (χ4n) is 4.89. The number of fused-ring (bicyclic) bond motifs is 3. The van der Waals surface area contributed by atoms with E-state index in [1.54, 1.807) is 7.11 Å². The topological polar surface area (TPSA) is 96.2 Å². The molecule has 3 fully saturated rings. The zero-order chi connectivity index (χ0) is 21.0. The first-order valence-electron chi connectivity index (χ1n) is 9.80. The lowest BCUT2D eigenvalue weighted by atomic mass is 9.90. The number of non-ortho nitro benzene ring substituents is 1. The smallest absolute Gasteiger partial charge is 0.269 e. The number of hydrogen-bond acceptors (Lipinski definition) is 7. The molecule has 0 bridgehead atoms. The maximum Gasteiger partial charge on any atom is 0.269 e. The summed E-state index contributed by atoms with van der Waals surface area (Å²) in [6, 6.07) is 12.4. The van der Waals surface area contributed by atoms with E-state index in [1.807, 2.05) is 29.3 Å². The van der Waals surface area contributed by atoms with Crippen molar-refractivity contribution in [3.63, 3.8) is 0 Å². The summed E-state index contributed by atoms with van der Waals surface area (Å²) in [5.41, 5.74) is 1.24. The van der Waals surface area contributed by atoms with E-state index in [0.29, 0.717) is 5.69 Å². The van der Waals surface area contributed by atoms with Crippen molar-refractivity contribution >= 4 is 23.2 Å². The predicted molar refractivity (Wildman–Crippen MR) is 107 cm³/mol.